The van der Waals surface area contributed by atoms with Crippen LogP contribution in [0.25, 0.3) is 0 Å². The van der Waals surface area contributed by atoms with Gasteiger partial charge in [0, 0.05) is 18.8 Å². The van der Waals surface area contributed by atoms with Crippen LogP contribution in [0.4, 0.5) is 27.5 Å². The molecule has 1 amide bonds. The number of amides is 1. The number of primary amides is 1. The lowest BCUT2D eigenvalue weighted by Crippen LogP contribution is -2.44. The first kappa shape index (κ1) is 20.3. The monoisotopic (exact) mass is 415 g/mol. The van der Waals surface area contributed by atoms with Crippen molar-refractivity contribution < 1.29 is 13.9 Å². The van der Waals surface area contributed by atoms with Crippen LogP contribution in [0.1, 0.15) is 28.8 Å². The Hall–Kier alpha value is -2.98. The minimum absolute atomic E-state index is 0.142. The molecule has 160 valence electrons. The van der Waals surface area contributed by atoms with Crippen molar-refractivity contribution in [3.63, 3.8) is 0 Å². The molecular formula is C20H26FN7O2. The van der Waals surface area contributed by atoms with E-state index in [0.717, 1.165) is 37.4 Å². The summed E-state index contributed by atoms with van der Waals surface area (Å²) in [4.78, 5) is 24.7. The van der Waals surface area contributed by atoms with Crippen molar-refractivity contribution >= 4 is 29.0 Å². The SMILES string of the molecule is Cc1cc(C(N)=O)c(F)cc1Nc1ncc2c(n1)N(C1CCNCC1)COCN2C. The van der Waals surface area contributed by atoms with E-state index in [1.54, 1.807) is 13.1 Å². The molecule has 0 aliphatic carbocycles. The summed E-state index contributed by atoms with van der Waals surface area (Å²) in [6.07, 6.45) is 3.74. The van der Waals surface area contributed by atoms with Gasteiger partial charge in [-0.2, -0.15) is 4.98 Å². The molecule has 0 spiro atoms. The fourth-order valence-electron chi connectivity index (χ4n) is 3.84. The molecule has 1 fully saturated rings. The zero-order valence-electron chi connectivity index (χ0n) is 17.1. The van der Waals surface area contributed by atoms with Crippen molar-refractivity contribution in [2.45, 2.75) is 25.8 Å². The number of rotatable bonds is 4. The Balaban J connectivity index is 1.67. The van der Waals surface area contributed by atoms with Gasteiger partial charge in [0.1, 0.15) is 25.0 Å². The Morgan fingerprint density at radius 3 is 2.83 bits per heavy atom. The zero-order valence-corrected chi connectivity index (χ0v) is 17.1. The van der Waals surface area contributed by atoms with Crippen molar-refractivity contribution in [1.29, 1.82) is 0 Å². The molecule has 30 heavy (non-hydrogen) atoms. The molecule has 1 saturated heterocycles. The maximum Gasteiger partial charge on any atom is 0.251 e. The average molecular weight is 415 g/mol. The number of aryl methyl sites for hydroxylation is 1. The Morgan fingerprint density at radius 2 is 2.10 bits per heavy atom. The van der Waals surface area contributed by atoms with Crippen molar-refractivity contribution in [3.05, 3.63) is 35.3 Å². The molecule has 0 atom stereocenters. The molecule has 4 rings (SSSR count). The zero-order chi connectivity index (χ0) is 21.3. The Morgan fingerprint density at radius 1 is 1.33 bits per heavy atom. The number of carbonyl (C=O) groups is 1. The molecule has 1 aromatic carbocycles. The third kappa shape index (κ3) is 4.01. The number of anilines is 4. The minimum atomic E-state index is -0.802. The summed E-state index contributed by atoms with van der Waals surface area (Å²) in [7, 11) is 1.93. The van der Waals surface area contributed by atoms with Gasteiger partial charge in [-0.15, -0.1) is 0 Å². The summed E-state index contributed by atoms with van der Waals surface area (Å²) in [6, 6.07) is 2.98. The number of hydrogen-bond donors (Lipinski definition) is 3. The lowest BCUT2D eigenvalue weighted by molar-refractivity contribution is 0.0996. The van der Waals surface area contributed by atoms with Crippen LogP contribution in [0.15, 0.2) is 18.3 Å². The molecule has 3 heterocycles. The van der Waals surface area contributed by atoms with Gasteiger partial charge in [0.25, 0.3) is 5.91 Å². The Labute approximate surface area is 174 Å². The third-order valence-corrected chi connectivity index (χ3v) is 5.52. The van der Waals surface area contributed by atoms with E-state index < -0.39 is 11.7 Å². The molecule has 9 nitrogen and oxygen atoms in total. The summed E-state index contributed by atoms with van der Waals surface area (Å²) in [5.41, 5.74) is 7.10. The second-order valence-corrected chi connectivity index (χ2v) is 7.65. The van der Waals surface area contributed by atoms with Gasteiger partial charge in [-0.1, -0.05) is 0 Å². The molecule has 4 N–H and O–H groups in total. The number of ether oxygens (including phenoxy) is 1. The molecule has 2 aromatic rings. The van der Waals surface area contributed by atoms with Crippen LogP contribution in [-0.2, 0) is 4.74 Å². The number of halogens is 1. The second-order valence-electron chi connectivity index (χ2n) is 7.65. The highest BCUT2D eigenvalue weighted by molar-refractivity contribution is 5.94. The summed E-state index contributed by atoms with van der Waals surface area (Å²) in [5.74, 6) is -0.359. The topological polar surface area (TPSA) is 109 Å². The maximum absolute atomic E-state index is 14.2. The van der Waals surface area contributed by atoms with Gasteiger partial charge in [-0.05, 0) is 50.6 Å². The predicted octanol–water partition coefficient (Wildman–Crippen LogP) is 1.71. The fraction of sp³-hybridized carbons (Fsp3) is 0.450. The van der Waals surface area contributed by atoms with Gasteiger partial charge < -0.3 is 30.9 Å². The van der Waals surface area contributed by atoms with E-state index in [9.17, 15) is 9.18 Å². The standard InChI is InChI=1S/C20H26FN7O2/c1-12-7-14(18(22)29)15(21)8-16(12)25-20-24-9-17-19(26-20)28(11-30-10-27(17)2)13-3-5-23-6-4-13/h7-9,13,23H,3-6,10-11H2,1-2H3,(H2,22,29)(H,24,25,26). The number of aromatic nitrogens is 2. The van der Waals surface area contributed by atoms with Crippen LogP contribution in [0.3, 0.4) is 0 Å². The highest BCUT2D eigenvalue weighted by atomic mass is 19.1. The van der Waals surface area contributed by atoms with Gasteiger partial charge in [0.15, 0.2) is 5.82 Å². The van der Waals surface area contributed by atoms with Gasteiger partial charge in [0.2, 0.25) is 5.95 Å². The maximum atomic E-state index is 14.2. The number of benzene rings is 1. The molecule has 1 aromatic heterocycles. The number of nitrogens with two attached hydrogens (primary N) is 1. The summed E-state index contributed by atoms with van der Waals surface area (Å²) in [5, 5.41) is 6.45. The first-order valence-corrected chi connectivity index (χ1v) is 9.94. The van der Waals surface area contributed by atoms with Crippen molar-refractivity contribution in [1.82, 2.24) is 15.3 Å². The van der Waals surface area contributed by atoms with Crippen LogP contribution < -0.4 is 26.2 Å². The molecule has 0 radical (unpaired) electrons. The summed E-state index contributed by atoms with van der Waals surface area (Å²) in [6.45, 7) is 4.56. The number of carbonyl (C=O) groups excluding carboxylic acids is 1. The second kappa shape index (κ2) is 8.41. The van der Waals surface area contributed by atoms with E-state index in [-0.39, 0.29) is 5.56 Å². The van der Waals surface area contributed by atoms with Gasteiger partial charge in [-0.25, -0.2) is 9.37 Å². The van der Waals surface area contributed by atoms with Crippen LogP contribution in [-0.4, -0.2) is 55.5 Å². The minimum Gasteiger partial charge on any atom is -0.366 e. The average Bonchev–Trinajstić information content (AvgIpc) is 2.89. The summed E-state index contributed by atoms with van der Waals surface area (Å²) >= 11 is 0. The largest absolute Gasteiger partial charge is 0.366 e. The normalized spacial score (nSPS) is 17.4. The molecule has 0 saturated carbocycles. The van der Waals surface area contributed by atoms with Crippen LogP contribution in [0.5, 0.6) is 0 Å². The van der Waals surface area contributed by atoms with E-state index in [4.69, 9.17) is 15.5 Å². The van der Waals surface area contributed by atoms with E-state index >= 15 is 0 Å². The van der Waals surface area contributed by atoms with E-state index in [2.05, 4.69) is 20.5 Å². The van der Waals surface area contributed by atoms with E-state index in [1.165, 1.54) is 12.1 Å². The highest BCUT2D eigenvalue weighted by Gasteiger charge is 2.28. The Bertz CT molecular complexity index is 949. The lowest BCUT2D eigenvalue weighted by atomic mass is 10.1. The van der Waals surface area contributed by atoms with Gasteiger partial charge in [0.05, 0.1) is 11.8 Å². The number of hydrogen-bond acceptors (Lipinski definition) is 8. The van der Waals surface area contributed by atoms with E-state index in [0.29, 0.717) is 36.7 Å². The molecule has 10 heteroatoms. The smallest absolute Gasteiger partial charge is 0.251 e. The molecule has 2 aliphatic heterocycles. The molecule has 0 unspecified atom stereocenters. The fourth-order valence-corrected chi connectivity index (χ4v) is 3.84. The van der Waals surface area contributed by atoms with Gasteiger partial charge >= 0.3 is 0 Å². The van der Waals surface area contributed by atoms with Crippen molar-refractivity contribution in [2.24, 2.45) is 5.73 Å². The molecule has 2 aliphatic rings. The van der Waals surface area contributed by atoms with Crippen molar-refractivity contribution in [2.75, 3.05) is 48.7 Å². The highest BCUT2D eigenvalue weighted by Crippen LogP contribution is 2.33. The van der Waals surface area contributed by atoms with E-state index in [1.807, 2.05) is 11.9 Å². The van der Waals surface area contributed by atoms with Crippen LogP contribution in [0.2, 0.25) is 0 Å². The molecular weight excluding hydrogens is 389 g/mol. The molecule has 0 bridgehead atoms. The van der Waals surface area contributed by atoms with Gasteiger partial charge in [-0.3, -0.25) is 4.79 Å². The number of piperidine rings is 1. The number of nitrogens with zero attached hydrogens (tertiary/aromatic N) is 4. The number of nitrogens with one attached hydrogen (secondary N) is 2. The summed E-state index contributed by atoms with van der Waals surface area (Å²) < 4.78 is 20.1. The Kier molecular flexibility index (Phi) is 5.69. The lowest BCUT2D eigenvalue weighted by Gasteiger charge is -2.34. The van der Waals surface area contributed by atoms with Crippen LogP contribution >= 0.6 is 0 Å². The van der Waals surface area contributed by atoms with Crippen molar-refractivity contribution in [3.8, 4) is 0 Å². The predicted molar refractivity (Wildman–Crippen MR) is 113 cm³/mol. The first-order chi connectivity index (χ1) is 14.4. The van der Waals surface area contributed by atoms with Crippen LogP contribution in [0, 0.1) is 12.7 Å². The quantitative estimate of drug-likeness (QED) is 0.693. The third-order valence-electron chi connectivity index (χ3n) is 5.52. The first-order valence-electron chi connectivity index (χ1n) is 9.94. The number of fused-ring (bicyclic) bond motifs is 1.